The fraction of sp³-hybridized carbons (Fsp3) is 0. The first-order valence-electron chi connectivity index (χ1n) is 4.58. The molecule has 0 unspecified atom stereocenters. The summed E-state index contributed by atoms with van der Waals surface area (Å²) < 4.78 is 12.7. The van der Waals surface area contributed by atoms with Crippen LogP contribution in [0.5, 0.6) is 0 Å². The van der Waals surface area contributed by atoms with Crippen LogP contribution in [-0.4, -0.2) is 10.8 Å². The van der Waals surface area contributed by atoms with E-state index in [9.17, 15) is 9.18 Å². The van der Waals surface area contributed by atoms with Gasteiger partial charge in [-0.25, -0.2) is 4.39 Å². The van der Waals surface area contributed by atoms with Gasteiger partial charge in [0.05, 0.1) is 5.02 Å². The molecule has 0 aliphatic heterocycles. The Balaban J connectivity index is 2.40. The van der Waals surface area contributed by atoms with Crippen molar-refractivity contribution >= 4 is 17.4 Å². The maximum Gasteiger partial charge on any atom is 0.194 e. The Labute approximate surface area is 96.7 Å². The summed E-state index contributed by atoms with van der Waals surface area (Å²) in [4.78, 5) is 15.7. The quantitative estimate of drug-likeness (QED) is 0.749. The van der Waals surface area contributed by atoms with Crippen LogP contribution in [0.3, 0.4) is 0 Å². The molecule has 2 nitrogen and oxygen atoms in total. The Morgan fingerprint density at radius 3 is 2.50 bits per heavy atom. The molecule has 1 aromatic heterocycles. The second-order valence-electron chi connectivity index (χ2n) is 3.19. The molecule has 2 aromatic rings. The van der Waals surface area contributed by atoms with Crippen molar-refractivity contribution in [1.29, 1.82) is 0 Å². The summed E-state index contributed by atoms with van der Waals surface area (Å²) in [5.41, 5.74) is 0.762. The van der Waals surface area contributed by atoms with Crippen molar-refractivity contribution in [3.8, 4) is 0 Å². The molecule has 16 heavy (non-hydrogen) atoms. The highest BCUT2D eigenvalue weighted by atomic mass is 35.5. The Bertz CT molecular complexity index is 525. The van der Waals surface area contributed by atoms with Crippen LogP contribution in [0.1, 0.15) is 15.9 Å². The van der Waals surface area contributed by atoms with Gasteiger partial charge in [0.25, 0.3) is 0 Å². The SMILES string of the molecule is O=C(c1ccc(F)cc1)c1ccncc1Cl. The molecule has 1 aromatic carbocycles. The first kappa shape index (κ1) is 10.8. The van der Waals surface area contributed by atoms with E-state index in [4.69, 9.17) is 11.6 Å². The predicted octanol–water partition coefficient (Wildman–Crippen LogP) is 3.11. The number of rotatable bonds is 2. The molecule has 0 N–H and O–H groups in total. The number of pyridine rings is 1. The van der Waals surface area contributed by atoms with Gasteiger partial charge in [0.2, 0.25) is 0 Å². The van der Waals surface area contributed by atoms with Crippen molar-refractivity contribution in [2.24, 2.45) is 0 Å². The van der Waals surface area contributed by atoms with Crippen LogP contribution in [0.15, 0.2) is 42.7 Å². The maximum absolute atomic E-state index is 12.7. The zero-order chi connectivity index (χ0) is 11.5. The standard InChI is InChI=1S/C12H7ClFNO/c13-11-7-15-6-5-10(11)12(16)8-1-3-9(14)4-2-8/h1-7H. The number of benzene rings is 1. The number of ketones is 1. The van der Waals surface area contributed by atoms with Crippen molar-refractivity contribution < 1.29 is 9.18 Å². The monoisotopic (exact) mass is 235 g/mol. The summed E-state index contributed by atoms with van der Waals surface area (Å²) in [7, 11) is 0. The number of halogens is 2. The van der Waals surface area contributed by atoms with Gasteiger partial charge in [-0.3, -0.25) is 9.78 Å². The summed E-state index contributed by atoms with van der Waals surface area (Å²) in [5, 5.41) is 0.289. The molecule has 2 rings (SSSR count). The lowest BCUT2D eigenvalue weighted by Gasteiger charge is -2.02. The summed E-state index contributed by atoms with van der Waals surface area (Å²) in [6.45, 7) is 0. The summed E-state index contributed by atoms with van der Waals surface area (Å²) >= 11 is 5.84. The molecule has 0 saturated carbocycles. The lowest BCUT2D eigenvalue weighted by atomic mass is 10.0. The number of hydrogen-bond donors (Lipinski definition) is 0. The highest BCUT2D eigenvalue weighted by Gasteiger charge is 2.12. The van der Waals surface area contributed by atoms with Crippen LogP contribution in [0, 0.1) is 5.82 Å². The molecule has 1 heterocycles. The molecule has 0 spiro atoms. The van der Waals surface area contributed by atoms with Gasteiger partial charge in [0, 0.05) is 23.5 Å². The van der Waals surface area contributed by atoms with Crippen molar-refractivity contribution in [2.75, 3.05) is 0 Å². The molecule has 0 aliphatic rings. The van der Waals surface area contributed by atoms with E-state index in [0.29, 0.717) is 11.1 Å². The first-order valence-corrected chi connectivity index (χ1v) is 4.96. The van der Waals surface area contributed by atoms with Crippen LogP contribution in [0.4, 0.5) is 4.39 Å². The predicted molar refractivity (Wildman–Crippen MR) is 59.1 cm³/mol. The molecule has 4 heteroatoms. The summed E-state index contributed by atoms with van der Waals surface area (Å²) in [6.07, 6.45) is 2.89. The van der Waals surface area contributed by atoms with E-state index in [1.807, 2.05) is 0 Å². The normalized spacial score (nSPS) is 10.1. The molecule has 0 amide bonds. The van der Waals surface area contributed by atoms with E-state index in [1.54, 1.807) is 0 Å². The Hall–Kier alpha value is -1.74. The average molecular weight is 236 g/mol. The van der Waals surface area contributed by atoms with Gasteiger partial charge >= 0.3 is 0 Å². The van der Waals surface area contributed by atoms with E-state index in [0.717, 1.165) is 0 Å². The number of aromatic nitrogens is 1. The smallest absolute Gasteiger partial charge is 0.194 e. The van der Waals surface area contributed by atoms with E-state index in [2.05, 4.69) is 4.98 Å². The van der Waals surface area contributed by atoms with Crippen LogP contribution in [-0.2, 0) is 0 Å². The van der Waals surface area contributed by atoms with E-state index in [1.165, 1.54) is 42.7 Å². The third kappa shape index (κ3) is 2.09. The minimum absolute atomic E-state index is 0.243. The molecule has 0 fully saturated rings. The van der Waals surface area contributed by atoms with E-state index >= 15 is 0 Å². The first-order chi connectivity index (χ1) is 7.68. The van der Waals surface area contributed by atoms with Crippen LogP contribution in [0.25, 0.3) is 0 Å². The van der Waals surface area contributed by atoms with Crippen LogP contribution < -0.4 is 0 Å². The Morgan fingerprint density at radius 1 is 1.19 bits per heavy atom. The van der Waals surface area contributed by atoms with E-state index < -0.39 is 0 Å². The fourth-order valence-corrected chi connectivity index (χ4v) is 1.52. The minimum atomic E-state index is -0.377. The lowest BCUT2D eigenvalue weighted by molar-refractivity contribution is 0.103. The zero-order valence-corrected chi connectivity index (χ0v) is 8.91. The maximum atomic E-state index is 12.7. The van der Waals surface area contributed by atoms with Crippen molar-refractivity contribution in [1.82, 2.24) is 4.98 Å². The highest BCUT2D eigenvalue weighted by molar-refractivity contribution is 6.34. The van der Waals surface area contributed by atoms with Gasteiger partial charge in [-0.1, -0.05) is 11.6 Å². The molecular formula is C12H7ClFNO. The Morgan fingerprint density at radius 2 is 1.88 bits per heavy atom. The number of carbonyl (C=O) groups is 1. The summed E-state index contributed by atoms with van der Waals surface area (Å²) in [6, 6.07) is 6.86. The minimum Gasteiger partial charge on any atom is -0.289 e. The van der Waals surface area contributed by atoms with Crippen molar-refractivity contribution in [2.45, 2.75) is 0 Å². The highest BCUT2D eigenvalue weighted by Crippen LogP contribution is 2.18. The third-order valence-electron chi connectivity index (χ3n) is 2.12. The second kappa shape index (κ2) is 4.41. The largest absolute Gasteiger partial charge is 0.289 e. The van der Waals surface area contributed by atoms with Crippen LogP contribution >= 0.6 is 11.6 Å². The number of hydrogen-bond acceptors (Lipinski definition) is 2. The van der Waals surface area contributed by atoms with Gasteiger partial charge in [-0.2, -0.15) is 0 Å². The number of nitrogens with zero attached hydrogens (tertiary/aromatic N) is 1. The number of carbonyl (C=O) groups excluding carboxylic acids is 1. The molecule has 0 radical (unpaired) electrons. The molecule has 0 atom stereocenters. The van der Waals surface area contributed by atoms with Gasteiger partial charge in [0.1, 0.15) is 5.82 Å². The van der Waals surface area contributed by atoms with Gasteiger partial charge in [-0.05, 0) is 30.3 Å². The van der Waals surface area contributed by atoms with Gasteiger partial charge in [-0.15, -0.1) is 0 Å². The Kier molecular flexibility index (Phi) is 2.97. The van der Waals surface area contributed by atoms with Gasteiger partial charge < -0.3 is 0 Å². The van der Waals surface area contributed by atoms with E-state index in [-0.39, 0.29) is 16.6 Å². The second-order valence-corrected chi connectivity index (χ2v) is 3.60. The average Bonchev–Trinajstić information content (AvgIpc) is 2.30. The molecule has 0 aliphatic carbocycles. The fourth-order valence-electron chi connectivity index (χ4n) is 1.32. The lowest BCUT2D eigenvalue weighted by Crippen LogP contribution is -2.02. The zero-order valence-electron chi connectivity index (χ0n) is 8.15. The molecular weight excluding hydrogens is 229 g/mol. The van der Waals surface area contributed by atoms with Crippen LogP contribution in [0.2, 0.25) is 5.02 Å². The topological polar surface area (TPSA) is 30.0 Å². The molecule has 80 valence electrons. The molecule has 0 bridgehead atoms. The van der Waals surface area contributed by atoms with Crippen molar-refractivity contribution in [3.05, 3.63) is 64.7 Å². The molecule has 0 saturated heterocycles. The summed E-state index contributed by atoms with van der Waals surface area (Å²) in [5.74, 6) is -0.621. The van der Waals surface area contributed by atoms with Gasteiger partial charge in [0.15, 0.2) is 5.78 Å². The third-order valence-corrected chi connectivity index (χ3v) is 2.42. The van der Waals surface area contributed by atoms with Crippen molar-refractivity contribution in [3.63, 3.8) is 0 Å².